The van der Waals surface area contributed by atoms with Crippen LogP contribution in [0.4, 0.5) is 5.82 Å². The molecular formula is C17H29ClN6O2S. The molecule has 1 aromatic heterocycles. The van der Waals surface area contributed by atoms with Crippen molar-refractivity contribution in [1.82, 2.24) is 19.9 Å². The fraction of sp³-hybridized carbons (Fsp3) is 0.647. The summed E-state index contributed by atoms with van der Waals surface area (Å²) in [4.78, 5) is 10.8. The fourth-order valence-corrected chi connectivity index (χ4v) is 4.26. The van der Waals surface area contributed by atoms with Gasteiger partial charge in [-0.2, -0.15) is 0 Å². The number of hydrogen-bond donors (Lipinski definition) is 2. The van der Waals surface area contributed by atoms with Gasteiger partial charge in [0, 0.05) is 52.0 Å². The van der Waals surface area contributed by atoms with Crippen LogP contribution in [0.1, 0.15) is 19.8 Å². The summed E-state index contributed by atoms with van der Waals surface area (Å²) in [6, 6.07) is 3.92. The molecule has 1 unspecified atom stereocenters. The van der Waals surface area contributed by atoms with Crippen molar-refractivity contribution in [3.8, 4) is 0 Å². The molecule has 1 fully saturated rings. The predicted molar refractivity (Wildman–Crippen MR) is 111 cm³/mol. The van der Waals surface area contributed by atoms with Crippen molar-refractivity contribution in [2.24, 2.45) is 4.99 Å². The van der Waals surface area contributed by atoms with Crippen molar-refractivity contribution in [2.75, 3.05) is 50.9 Å². The molecular weight excluding hydrogens is 388 g/mol. The van der Waals surface area contributed by atoms with Gasteiger partial charge >= 0.3 is 0 Å². The van der Waals surface area contributed by atoms with Gasteiger partial charge in [-0.15, -0.1) is 0 Å². The zero-order valence-corrected chi connectivity index (χ0v) is 17.7. The van der Waals surface area contributed by atoms with E-state index < -0.39 is 10.0 Å². The van der Waals surface area contributed by atoms with E-state index in [1.807, 2.05) is 19.1 Å². The molecule has 0 amide bonds. The molecule has 0 spiro atoms. The Morgan fingerprint density at radius 1 is 1.52 bits per heavy atom. The van der Waals surface area contributed by atoms with Crippen molar-refractivity contribution in [3.05, 3.63) is 23.4 Å². The molecule has 0 aromatic carbocycles. The molecule has 2 heterocycles. The van der Waals surface area contributed by atoms with Crippen molar-refractivity contribution in [1.29, 1.82) is 0 Å². The van der Waals surface area contributed by atoms with E-state index in [0.29, 0.717) is 31.1 Å². The highest BCUT2D eigenvalue weighted by Gasteiger charge is 2.25. The van der Waals surface area contributed by atoms with E-state index in [9.17, 15) is 8.42 Å². The lowest BCUT2D eigenvalue weighted by Crippen LogP contribution is -2.45. The molecule has 1 aliphatic rings. The van der Waals surface area contributed by atoms with Crippen LogP contribution in [0.5, 0.6) is 0 Å². The van der Waals surface area contributed by atoms with Crippen LogP contribution in [0.3, 0.4) is 0 Å². The van der Waals surface area contributed by atoms with E-state index >= 15 is 0 Å². The van der Waals surface area contributed by atoms with Crippen molar-refractivity contribution >= 4 is 33.4 Å². The zero-order valence-electron chi connectivity index (χ0n) is 16.2. The van der Waals surface area contributed by atoms with Crippen LogP contribution in [0, 0.1) is 0 Å². The van der Waals surface area contributed by atoms with Crippen LogP contribution in [-0.2, 0) is 10.0 Å². The van der Waals surface area contributed by atoms with Gasteiger partial charge in [0.2, 0.25) is 10.0 Å². The van der Waals surface area contributed by atoms with E-state index in [0.717, 1.165) is 31.3 Å². The Labute approximate surface area is 167 Å². The SMILES string of the molecule is CCN(CCCNC(=NC)NC1CCN(c2ncccc2Cl)C1)S(C)(=O)=O. The van der Waals surface area contributed by atoms with E-state index in [4.69, 9.17) is 11.6 Å². The van der Waals surface area contributed by atoms with Gasteiger partial charge in [0.05, 0.1) is 11.3 Å². The molecule has 2 N–H and O–H groups in total. The average molecular weight is 417 g/mol. The minimum absolute atomic E-state index is 0.248. The quantitative estimate of drug-likeness (QED) is 0.375. The van der Waals surface area contributed by atoms with E-state index in [2.05, 4.69) is 25.5 Å². The monoisotopic (exact) mass is 416 g/mol. The number of aliphatic imine (C=N–C) groups is 1. The Balaban J connectivity index is 1.77. The highest BCUT2D eigenvalue weighted by atomic mass is 35.5. The summed E-state index contributed by atoms with van der Waals surface area (Å²) in [5.74, 6) is 1.53. The van der Waals surface area contributed by atoms with Gasteiger partial charge in [-0.1, -0.05) is 18.5 Å². The summed E-state index contributed by atoms with van der Waals surface area (Å²) in [6.45, 7) is 5.15. The van der Waals surface area contributed by atoms with Crippen molar-refractivity contribution < 1.29 is 8.42 Å². The Morgan fingerprint density at radius 3 is 2.93 bits per heavy atom. The van der Waals surface area contributed by atoms with Gasteiger partial charge in [-0.25, -0.2) is 17.7 Å². The largest absolute Gasteiger partial charge is 0.356 e. The van der Waals surface area contributed by atoms with Crippen molar-refractivity contribution in [3.63, 3.8) is 0 Å². The van der Waals surface area contributed by atoms with Gasteiger partial charge in [-0.3, -0.25) is 4.99 Å². The summed E-state index contributed by atoms with van der Waals surface area (Å²) in [6.07, 6.45) is 4.66. The third-order valence-corrected chi connectivity index (χ3v) is 6.16. The molecule has 1 saturated heterocycles. The lowest BCUT2D eigenvalue weighted by molar-refractivity contribution is 0.424. The first-order valence-corrected chi connectivity index (χ1v) is 11.4. The molecule has 0 radical (unpaired) electrons. The molecule has 0 aliphatic carbocycles. The molecule has 2 rings (SSSR count). The molecule has 0 saturated carbocycles. The first kappa shape index (κ1) is 21.7. The number of hydrogen-bond acceptors (Lipinski definition) is 5. The number of rotatable bonds is 8. The van der Waals surface area contributed by atoms with Crippen LogP contribution in [0.15, 0.2) is 23.3 Å². The first-order chi connectivity index (χ1) is 12.8. The standard InChI is InChI=1S/C17H29ClN6O2S/c1-4-24(27(3,25)26)11-6-10-21-17(19-2)22-14-8-12-23(13-14)16-15(18)7-5-9-20-16/h5,7,9,14H,4,6,8,10-13H2,1-3H3,(H2,19,21,22). The topological polar surface area (TPSA) is 89.9 Å². The van der Waals surface area contributed by atoms with Crippen LogP contribution < -0.4 is 15.5 Å². The lowest BCUT2D eigenvalue weighted by atomic mass is 10.3. The van der Waals surface area contributed by atoms with Crippen LogP contribution in [0.2, 0.25) is 5.02 Å². The molecule has 152 valence electrons. The summed E-state index contributed by atoms with van der Waals surface area (Å²) in [5, 5.41) is 7.32. The molecule has 10 heteroatoms. The van der Waals surface area contributed by atoms with Gasteiger partial charge in [0.1, 0.15) is 5.82 Å². The normalized spacial score (nSPS) is 18.2. The van der Waals surface area contributed by atoms with Crippen LogP contribution in [-0.4, -0.2) is 75.7 Å². The minimum atomic E-state index is -3.14. The molecule has 1 aliphatic heterocycles. The van der Waals surface area contributed by atoms with E-state index in [1.165, 1.54) is 10.6 Å². The number of pyridine rings is 1. The maximum absolute atomic E-state index is 11.6. The Morgan fingerprint density at radius 2 is 2.30 bits per heavy atom. The second-order valence-corrected chi connectivity index (χ2v) is 8.88. The number of aromatic nitrogens is 1. The summed E-state index contributed by atoms with van der Waals surface area (Å²) in [5.41, 5.74) is 0. The Hall–Kier alpha value is -1.58. The molecule has 0 bridgehead atoms. The summed E-state index contributed by atoms with van der Waals surface area (Å²) < 4.78 is 24.7. The molecule has 1 atom stereocenters. The lowest BCUT2D eigenvalue weighted by Gasteiger charge is -2.21. The molecule has 8 nitrogen and oxygen atoms in total. The number of halogens is 1. The number of nitrogens with zero attached hydrogens (tertiary/aromatic N) is 4. The third-order valence-electron chi connectivity index (χ3n) is 4.49. The molecule has 1 aromatic rings. The number of anilines is 1. The highest BCUT2D eigenvalue weighted by molar-refractivity contribution is 7.88. The Bertz CT molecular complexity index is 743. The number of guanidine groups is 1. The fourth-order valence-electron chi connectivity index (χ4n) is 3.09. The smallest absolute Gasteiger partial charge is 0.211 e. The highest BCUT2D eigenvalue weighted by Crippen LogP contribution is 2.25. The second kappa shape index (κ2) is 10.1. The van der Waals surface area contributed by atoms with E-state index in [-0.39, 0.29) is 6.04 Å². The molecule has 27 heavy (non-hydrogen) atoms. The third kappa shape index (κ3) is 6.51. The minimum Gasteiger partial charge on any atom is -0.356 e. The summed E-state index contributed by atoms with van der Waals surface area (Å²) in [7, 11) is -1.41. The maximum Gasteiger partial charge on any atom is 0.211 e. The Kier molecular flexibility index (Phi) is 8.12. The number of nitrogens with one attached hydrogen (secondary N) is 2. The second-order valence-electron chi connectivity index (χ2n) is 6.49. The predicted octanol–water partition coefficient (Wildman–Crippen LogP) is 1.15. The van der Waals surface area contributed by atoms with Gasteiger partial charge in [-0.05, 0) is 25.0 Å². The van der Waals surface area contributed by atoms with Gasteiger partial charge in [0.15, 0.2) is 5.96 Å². The van der Waals surface area contributed by atoms with E-state index in [1.54, 1.807) is 13.2 Å². The average Bonchev–Trinajstić information content (AvgIpc) is 3.08. The zero-order chi connectivity index (χ0) is 19.9. The van der Waals surface area contributed by atoms with Crippen LogP contribution in [0.25, 0.3) is 0 Å². The van der Waals surface area contributed by atoms with Crippen LogP contribution >= 0.6 is 11.6 Å². The number of sulfonamides is 1. The maximum atomic E-state index is 11.6. The van der Waals surface area contributed by atoms with Gasteiger partial charge in [0.25, 0.3) is 0 Å². The summed E-state index contributed by atoms with van der Waals surface area (Å²) >= 11 is 6.23. The first-order valence-electron chi connectivity index (χ1n) is 9.13. The van der Waals surface area contributed by atoms with Crippen molar-refractivity contribution in [2.45, 2.75) is 25.8 Å². The van der Waals surface area contributed by atoms with Gasteiger partial charge < -0.3 is 15.5 Å².